The van der Waals surface area contributed by atoms with Gasteiger partial charge in [0.15, 0.2) is 0 Å². The van der Waals surface area contributed by atoms with Gasteiger partial charge >= 0.3 is 0 Å². The van der Waals surface area contributed by atoms with Crippen molar-refractivity contribution >= 4 is 46.3 Å². The molecule has 0 aromatic heterocycles. The lowest BCUT2D eigenvalue weighted by Crippen LogP contribution is -2.38. The van der Waals surface area contributed by atoms with E-state index in [0.29, 0.717) is 33.7 Å². The largest absolute Gasteiger partial charge is 0.393 e. The quantitative estimate of drug-likeness (QED) is 0.846. The molecular formula is C13H16Cl2N2OS. The second-order valence-corrected chi connectivity index (χ2v) is 5.53. The number of halogens is 2. The number of hydrogen-bond donors (Lipinski definition) is 1. The molecule has 1 amide bonds. The fraction of sp³-hybridized carbons (Fsp3) is 0.385. The van der Waals surface area contributed by atoms with Crippen LogP contribution in [0.25, 0.3) is 0 Å². The molecule has 0 bridgehead atoms. The van der Waals surface area contributed by atoms with Gasteiger partial charge in [-0.25, -0.2) is 0 Å². The molecule has 0 saturated carbocycles. The lowest BCUT2D eigenvalue weighted by Gasteiger charge is -2.25. The molecule has 0 aliphatic heterocycles. The Balaban J connectivity index is 2.99. The molecule has 0 radical (unpaired) electrons. The van der Waals surface area contributed by atoms with Crippen molar-refractivity contribution in [3.05, 3.63) is 33.8 Å². The zero-order valence-electron chi connectivity index (χ0n) is 10.8. The summed E-state index contributed by atoms with van der Waals surface area (Å²) in [7, 11) is 0. The highest BCUT2D eigenvalue weighted by Gasteiger charge is 2.22. The number of nitrogens with zero attached hydrogens (tertiary/aromatic N) is 1. The van der Waals surface area contributed by atoms with Crippen molar-refractivity contribution in [2.24, 2.45) is 11.7 Å². The second-order valence-electron chi connectivity index (χ2n) is 4.24. The Morgan fingerprint density at radius 1 is 1.42 bits per heavy atom. The van der Waals surface area contributed by atoms with Crippen LogP contribution in [0, 0.1) is 5.92 Å². The topological polar surface area (TPSA) is 46.3 Å². The van der Waals surface area contributed by atoms with Crippen molar-refractivity contribution in [3.8, 4) is 0 Å². The molecule has 1 rings (SSSR count). The standard InChI is InChI=1S/C13H16Cl2N2OS/c1-3-17(7-8(2)12(16)19)13(18)11-9(14)5-4-6-10(11)15/h4-6,8H,3,7H2,1-2H3,(H2,16,19). The van der Waals surface area contributed by atoms with Gasteiger partial charge in [0.1, 0.15) is 0 Å². The predicted octanol–water partition coefficient (Wildman–Crippen LogP) is 3.38. The first-order valence-electron chi connectivity index (χ1n) is 5.91. The fourth-order valence-electron chi connectivity index (χ4n) is 1.64. The van der Waals surface area contributed by atoms with Gasteiger partial charge in [-0.2, -0.15) is 0 Å². The SMILES string of the molecule is CCN(CC(C)C(N)=S)C(=O)c1c(Cl)cccc1Cl. The van der Waals surface area contributed by atoms with Gasteiger partial charge < -0.3 is 10.6 Å². The van der Waals surface area contributed by atoms with E-state index >= 15 is 0 Å². The molecule has 104 valence electrons. The molecule has 0 fully saturated rings. The average molecular weight is 319 g/mol. The molecule has 1 atom stereocenters. The van der Waals surface area contributed by atoms with Gasteiger partial charge in [0, 0.05) is 19.0 Å². The number of thiocarbonyl (C=S) groups is 1. The average Bonchev–Trinajstić information content (AvgIpc) is 2.34. The van der Waals surface area contributed by atoms with Crippen LogP contribution in [0.2, 0.25) is 10.0 Å². The van der Waals surface area contributed by atoms with E-state index in [1.54, 1.807) is 23.1 Å². The third-order valence-corrected chi connectivity index (χ3v) is 3.86. The third kappa shape index (κ3) is 4.06. The van der Waals surface area contributed by atoms with Crippen LogP contribution in [0.4, 0.5) is 0 Å². The van der Waals surface area contributed by atoms with Crippen molar-refractivity contribution in [2.45, 2.75) is 13.8 Å². The van der Waals surface area contributed by atoms with Crippen LogP contribution in [0.3, 0.4) is 0 Å². The molecule has 19 heavy (non-hydrogen) atoms. The zero-order chi connectivity index (χ0) is 14.6. The number of amides is 1. The van der Waals surface area contributed by atoms with Crippen LogP contribution < -0.4 is 5.73 Å². The van der Waals surface area contributed by atoms with Crippen molar-refractivity contribution in [3.63, 3.8) is 0 Å². The Morgan fingerprint density at radius 2 is 1.95 bits per heavy atom. The minimum atomic E-state index is -0.207. The highest BCUT2D eigenvalue weighted by Crippen LogP contribution is 2.26. The lowest BCUT2D eigenvalue weighted by atomic mass is 10.1. The van der Waals surface area contributed by atoms with E-state index in [2.05, 4.69) is 0 Å². The number of hydrogen-bond acceptors (Lipinski definition) is 2. The Labute approximate surface area is 128 Å². The minimum Gasteiger partial charge on any atom is -0.393 e. The van der Waals surface area contributed by atoms with Gasteiger partial charge in [-0.05, 0) is 19.1 Å². The summed E-state index contributed by atoms with van der Waals surface area (Å²) in [6, 6.07) is 4.99. The Hall–Kier alpha value is -0.840. The molecule has 2 N–H and O–H groups in total. The summed E-state index contributed by atoms with van der Waals surface area (Å²) in [5, 5.41) is 0.692. The predicted molar refractivity (Wildman–Crippen MR) is 84.0 cm³/mol. The number of carbonyl (C=O) groups excluding carboxylic acids is 1. The minimum absolute atomic E-state index is 0.0554. The molecular weight excluding hydrogens is 303 g/mol. The number of rotatable bonds is 5. The zero-order valence-corrected chi connectivity index (χ0v) is 13.1. The van der Waals surface area contributed by atoms with Crippen molar-refractivity contribution < 1.29 is 4.79 Å². The Kier molecular flexibility index (Phi) is 6.04. The van der Waals surface area contributed by atoms with Gasteiger partial charge in [0.05, 0.1) is 20.6 Å². The summed E-state index contributed by atoms with van der Waals surface area (Å²) in [6.45, 7) is 4.75. The van der Waals surface area contributed by atoms with Gasteiger partial charge in [0.2, 0.25) is 0 Å². The van der Waals surface area contributed by atoms with E-state index in [1.807, 2.05) is 13.8 Å². The van der Waals surface area contributed by atoms with E-state index in [0.717, 1.165) is 0 Å². The fourth-order valence-corrected chi connectivity index (χ4v) is 2.27. The van der Waals surface area contributed by atoms with Gasteiger partial charge in [0.25, 0.3) is 5.91 Å². The third-order valence-electron chi connectivity index (χ3n) is 2.83. The lowest BCUT2D eigenvalue weighted by molar-refractivity contribution is 0.0755. The van der Waals surface area contributed by atoms with Crippen LogP contribution in [0.15, 0.2) is 18.2 Å². The molecule has 0 aliphatic carbocycles. The first kappa shape index (κ1) is 16.2. The molecule has 1 aromatic carbocycles. The van der Waals surface area contributed by atoms with Crippen LogP contribution in [-0.4, -0.2) is 28.9 Å². The van der Waals surface area contributed by atoms with Crippen LogP contribution in [0.1, 0.15) is 24.2 Å². The molecule has 0 spiro atoms. The van der Waals surface area contributed by atoms with E-state index in [9.17, 15) is 4.79 Å². The number of benzene rings is 1. The van der Waals surface area contributed by atoms with E-state index in [4.69, 9.17) is 41.2 Å². The summed E-state index contributed by atoms with van der Waals surface area (Å²) < 4.78 is 0. The maximum absolute atomic E-state index is 12.4. The van der Waals surface area contributed by atoms with Gasteiger partial charge in [-0.1, -0.05) is 48.4 Å². The van der Waals surface area contributed by atoms with E-state index in [1.165, 1.54) is 0 Å². The van der Waals surface area contributed by atoms with Gasteiger partial charge in [-0.3, -0.25) is 4.79 Å². The summed E-state index contributed by atoms with van der Waals surface area (Å²) in [4.78, 5) is 14.5. The summed E-state index contributed by atoms with van der Waals surface area (Å²) in [5.74, 6) is -0.263. The first-order valence-corrected chi connectivity index (χ1v) is 7.07. The van der Waals surface area contributed by atoms with Crippen molar-refractivity contribution in [1.82, 2.24) is 4.90 Å². The molecule has 1 unspecified atom stereocenters. The Morgan fingerprint density at radius 3 is 2.37 bits per heavy atom. The number of carbonyl (C=O) groups is 1. The van der Waals surface area contributed by atoms with E-state index in [-0.39, 0.29) is 11.8 Å². The molecule has 6 heteroatoms. The normalized spacial score (nSPS) is 12.0. The molecule has 1 aromatic rings. The summed E-state index contributed by atoms with van der Waals surface area (Å²) in [5.41, 5.74) is 5.90. The summed E-state index contributed by atoms with van der Waals surface area (Å²) >= 11 is 17.0. The van der Waals surface area contributed by atoms with Gasteiger partial charge in [-0.15, -0.1) is 0 Å². The van der Waals surface area contributed by atoms with Crippen LogP contribution in [-0.2, 0) is 0 Å². The van der Waals surface area contributed by atoms with Crippen molar-refractivity contribution in [1.29, 1.82) is 0 Å². The highest BCUT2D eigenvalue weighted by molar-refractivity contribution is 7.80. The molecule has 0 aliphatic rings. The smallest absolute Gasteiger partial charge is 0.256 e. The van der Waals surface area contributed by atoms with Crippen LogP contribution >= 0.6 is 35.4 Å². The van der Waals surface area contributed by atoms with E-state index < -0.39 is 0 Å². The monoisotopic (exact) mass is 318 g/mol. The summed E-state index contributed by atoms with van der Waals surface area (Å²) in [6.07, 6.45) is 0. The first-order chi connectivity index (χ1) is 8.88. The molecule has 3 nitrogen and oxygen atoms in total. The number of nitrogens with two attached hydrogens (primary N) is 1. The molecule has 0 heterocycles. The van der Waals surface area contributed by atoms with Crippen molar-refractivity contribution in [2.75, 3.05) is 13.1 Å². The maximum atomic E-state index is 12.4. The second kappa shape index (κ2) is 7.08. The highest BCUT2D eigenvalue weighted by atomic mass is 35.5. The Bertz CT molecular complexity index is 473. The van der Waals surface area contributed by atoms with Crippen LogP contribution in [0.5, 0.6) is 0 Å². The maximum Gasteiger partial charge on any atom is 0.256 e. The molecule has 0 saturated heterocycles.